The smallest absolute Gasteiger partial charge is 0.0729 e. The van der Waals surface area contributed by atoms with Gasteiger partial charge in [0.25, 0.3) is 0 Å². The van der Waals surface area contributed by atoms with Crippen LogP contribution in [0.2, 0.25) is 0 Å². The zero-order chi connectivity index (χ0) is 15.1. The van der Waals surface area contributed by atoms with Crippen LogP contribution in [-0.2, 0) is 6.54 Å². The lowest BCUT2D eigenvalue weighted by Gasteiger charge is -2.17. The number of nitrogens with zero attached hydrogens (tertiary/aromatic N) is 2. The minimum Gasteiger partial charge on any atom is -0.394 e. The average molecular weight is 287 g/mol. The van der Waals surface area contributed by atoms with E-state index in [0.717, 1.165) is 25.1 Å². The number of hydrogen-bond acceptors (Lipinski definition) is 3. The molecule has 4 nitrogen and oxygen atoms in total. The molecule has 0 saturated carbocycles. The van der Waals surface area contributed by atoms with Crippen molar-refractivity contribution in [3.63, 3.8) is 0 Å². The highest BCUT2D eigenvalue weighted by Gasteiger charge is 2.09. The van der Waals surface area contributed by atoms with E-state index in [4.69, 9.17) is 0 Å². The molecule has 4 heteroatoms. The van der Waals surface area contributed by atoms with Crippen LogP contribution in [0.25, 0.3) is 0 Å². The molecule has 0 spiro atoms. The SMILES string of the molecule is CC(C)CC[C@H](CO)Nc1cnn(Cc2ccccc2)c1. The van der Waals surface area contributed by atoms with Crippen LogP contribution in [0.1, 0.15) is 32.3 Å². The Kier molecular flexibility index (Phi) is 5.81. The first-order valence-electron chi connectivity index (χ1n) is 7.61. The zero-order valence-corrected chi connectivity index (χ0v) is 12.9. The van der Waals surface area contributed by atoms with Gasteiger partial charge in [-0.05, 0) is 24.3 Å². The molecule has 2 N–H and O–H groups in total. The third-order valence-electron chi connectivity index (χ3n) is 3.50. The number of aromatic nitrogens is 2. The molecular formula is C17H25N3O. The highest BCUT2D eigenvalue weighted by Crippen LogP contribution is 2.13. The van der Waals surface area contributed by atoms with Crippen LogP contribution in [0.4, 0.5) is 5.69 Å². The molecule has 0 unspecified atom stereocenters. The Hall–Kier alpha value is -1.81. The van der Waals surface area contributed by atoms with Crippen molar-refractivity contribution in [2.24, 2.45) is 5.92 Å². The molecule has 0 radical (unpaired) electrons. The van der Waals surface area contributed by atoms with Crippen molar-refractivity contribution in [2.45, 2.75) is 39.3 Å². The fourth-order valence-corrected chi connectivity index (χ4v) is 2.27. The van der Waals surface area contributed by atoms with E-state index in [1.807, 2.05) is 35.3 Å². The Balaban J connectivity index is 1.90. The van der Waals surface area contributed by atoms with Gasteiger partial charge < -0.3 is 10.4 Å². The minimum atomic E-state index is 0.0989. The van der Waals surface area contributed by atoms with E-state index in [-0.39, 0.29) is 12.6 Å². The van der Waals surface area contributed by atoms with Crippen molar-refractivity contribution in [2.75, 3.05) is 11.9 Å². The van der Waals surface area contributed by atoms with Crippen molar-refractivity contribution in [3.8, 4) is 0 Å². The van der Waals surface area contributed by atoms with E-state index in [0.29, 0.717) is 5.92 Å². The van der Waals surface area contributed by atoms with E-state index < -0.39 is 0 Å². The number of benzene rings is 1. The van der Waals surface area contributed by atoms with Gasteiger partial charge in [-0.15, -0.1) is 0 Å². The highest BCUT2D eigenvalue weighted by atomic mass is 16.3. The maximum Gasteiger partial charge on any atom is 0.0729 e. The molecule has 21 heavy (non-hydrogen) atoms. The summed E-state index contributed by atoms with van der Waals surface area (Å²) in [5.41, 5.74) is 2.19. The maximum absolute atomic E-state index is 9.45. The number of aliphatic hydroxyl groups excluding tert-OH is 1. The molecular weight excluding hydrogens is 262 g/mol. The molecule has 0 aliphatic carbocycles. The molecule has 114 valence electrons. The van der Waals surface area contributed by atoms with Gasteiger partial charge >= 0.3 is 0 Å². The van der Waals surface area contributed by atoms with E-state index in [1.54, 1.807) is 0 Å². The predicted octanol–water partition coefficient (Wildman–Crippen LogP) is 3.14. The largest absolute Gasteiger partial charge is 0.394 e. The molecule has 1 aromatic carbocycles. The van der Waals surface area contributed by atoms with Gasteiger partial charge in [0.2, 0.25) is 0 Å². The summed E-state index contributed by atoms with van der Waals surface area (Å²) in [7, 11) is 0. The third-order valence-corrected chi connectivity index (χ3v) is 3.50. The van der Waals surface area contributed by atoms with Gasteiger partial charge in [0, 0.05) is 12.2 Å². The van der Waals surface area contributed by atoms with Gasteiger partial charge in [-0.25, -0.2) is 0 Å². The molecule has 0 saturated heterocycles. The Labute approximate surface area is 126 Å². The average Bonchev–Trinajstić information content (AvgIpc) is 2.91. The summed E-state index contributed by atoms with van der Waals surface area (Å²) in [6.07, 6.45) is 5.89. The fourth-order valence-electron chi connectivity index (χ4n) is 2.27. The number of rotatable bonds is 8. The number of nitrogens with one attached hydrogen (secondary N) is 1. The molecule has 0 amide bonds. The molecule has 1 aromatic heterocycles. The Morgan fingerprint density at radius 2 is 1.95 bits per heavy atom. The summed E-state index contributed by atoms with van der Waals surface area (Å²) in [5, 5.41) is 17.2. The van der Waals surface area contributed by atoms with Crippen molar-refractivity contribution >= 4 is 5.69 Å². The topological polar surface area (TPSA) is 50.1 Å². The first-order chi connectivity index (χ1) is 10.2. The normalized spacial score (nSPS) is 12.6. The Morgan fingerprint density at radius 1 is 1.19 bits per heavy atom. The molecule has 1 atom stereocenters. The van der Waals surface area contributed by atoms with E-state index in [2.05, 4.69) is 36.4 Å². The molecule has 1 heterocycles. The summed E-state index contributed by atoms with van der Waals surface area (Å²) in [5.74, 6) is 0.654. The molecule has 0 aliphatic rings. The molecule has 2 rings (SSSR count). The van der Waals surface area contributed by atoms with E-state index in [1.165, 1.54) is 5.56 Å². The standard InChI is InChI=1S/C17H25N3O/c1-14(2)8-9-16(13-21)19-17-10-18-20(12-17)11-15-6-4-3-5-7-15/h3-7,10,12,14,16,19,21H,8-9,11,13H2,1-2H3/t16-/m1/s1. The quantitative estimate of drug-likeness (QED) is 0.784. The summed E-state index contributed by atoms with van der Waals surface area (Å²) in [4.78, 5) is 0. The predicted molar refractivity (Wildman–Crippen MR) is 86.3 cm³/mol. The molecule has 0 bridgehead atoms. The van der Waals surface area contributed by atoms with Gasteiger partial charge in [0.15, 0.2) is 0 Å². The lowest BCUT2D eigenvalue weighted by atomic mass is 10.0. The van der Waals surface area contributed by atoms with E-state index >= 15 is 0 Å². The second-order valence-corrected chi connectivity index (χ2v) is 5.91. The second-order valence-electron chi connectivity index (χ2n) is 5.91. The fraction of sp³-hybridized carbons (Fsp3) is 0.471. The first-order valence-corrected chi connectivity index (χ1v) is 7.61. The Bertz CT molecular complexity index is 522. The number of hydrogen-bond donors (Lipinski definition) is 2. The van der Waals surface area contributed by atoms with Crippen molar-refractivity contribution in [3.05, 3.63) is 48.3 Å². The van der Waals surface area contributed by atoms with Gasteiger partial charge in [-0.1, -0.05) is 44.2 Å². The van der Waals surface area contributed by atoms with Crippen molar-refractivity contribution < 1.29 is 5.11 Å². The van der Waals surface area contributed by atoms with Crippen molar-refractivity contribution in [1.82, 2.24) is 9.78 Å². The van der Waals surface area contributed by atoms with Gasteiger partial charge in [0.05, 0.1) is 25.0 Å². The first kappa shape index (κ1) is 15.6. The lowest BCUT2D eigenvalue weighted by molar-refractivity contribution is 0.263. The van der Waals surface area contributed by atoms with Crippen LogP contribution in [-0.4, -0.2) is 27.5 Å². The van der Waals surface area contributed by atoms with Gasteiger partial charge in [-0.2, -0.15) is 5.10 Å². The summed E-state index contributed by atoms with van der Waals surface area (Å²) in [6.45, 7) is 5.31. The van der Waals surface area contributed by atoms with Gasteiger partial charge in [-0.3, -0.25) is 4.68 Å². The third kappa shape index (κ3) is 5.23. The minimum absolute atomic E-state index is 0.0989. The summed E-state index contributed by atoms with van der Waals surface area (Å²) < 4.78 is 1.91. The van der Waals surface area contributed by atoms with Crippen LogP contribution >= 0.6 is 0 Å². The second kappa shape index (κ2) is 7.84. The van der Waals surface area contributed by atoms with Crippen LogP contribution in [0.5, 0.6) is 0 Å². The summed E-state index contributed by atoms with van der Waals surface area (Å²) in [6, 6.07) is 10.4. The lowest BCUT2D eigenvalue weighted by Crippen LogP contribution is -2.24. The molecule has 2 aromatic rings. The number of aliphatic hydroxyl groups is 1. The molecule has 0 aliphatic heterocycles. The zero-order valence-electron chi connectivity index (χ0n) is 12.9. The monoisotopic (exact) mass is 287 g/mol. The van der Waals surface area contributed by atoms with Crippen LogP contribution in [0.15, 0.2) is 42.7 Å². The van der Waals surface area contributed by atoms with Crippen LogP contribution in [0.3, 0.4) is 0 Å². The highest BCUT2D eigenvalue weighted by molar-refractivity contribution is 5.39. The van der Waals surface area contributed by atoms with Crippen LogP contribution < -0.4 is 5.32 Å². The van der Waals surface area contributed by atoms with E-state index in [9.17, 15) is 5.11 Å². The van der Waals surface area contributed by atoms with Crippen molar-refractivity contribution in [1.29, 1.82) is 0 Å². The Morgan fingerprint density at radius 3 is 2.62 bits per heavy atom. The van der Waals surface area contributed by atoms with Gasteiger partial charge in [0.1, 0.15) is 0 Å². The maximum atomic E-state index is 9.45. The summed E-state index contributed by atoms with van der Waals surface area (Å²) >= 11 is 0. The van der Waals surface area contributed by atoms with Crippen LogP contribution in [0, 0.1) is 5.92 Å². The number of anilines is 1. The molecule has 0 fully saturated rings.